The van der Waals surface area contributed by atoms with Crippen LogP contribution in [-0.2, 0) is 6.54 Å². The van der Waals surface area contributed by atoms with Gasteiger partial charge in [0.1, 0.15) is 0 Å². The SMILES string of the molecule is Cc1ccsc1CN1CCN(c2ccc(Cl)cc2)CC1. The molecule has 0 amide bonds. The van der Waals surface area contributed by atoms with E-state index in [0.29, 0.717) is 0 Å². The maximum absolute atomic E-state index is 5.94. The van der Waals surface area contributed by atoms with E-state index in [2.05, 4.69) is 40.3 Å². The Balaban J connectivity index is 1.57. The Bertz CT molecular complexity index is 556. The monoisotopic (exact) mass is 306 g/mol. The normalized spacial score (nSPS) is 16.6. The Kier molecular flexibility index (Phi) is 4.29. The van der Waals surface area contributed by atoms with E-state index in [-0.39, 0.29) is 0 Å². The number of thiophene rings is 1. The molecule has 20 heavy (non-hydrogen) atoms. The van der Waals surface area contributed by atoms with E-state index < -0.39 is 0 Å². The van der Waals surface area contributed by atoms with Crippen molar-refractivity contribution in [2.24, 2.45) is 0 Å². The van der Waals surface area contributed by atoms with Crippen LogP contribution in [-0.4, -0.2) is 31.1 Å². The number of anilines is 1. The van der Waals surface area contributed by atoms with Crippen molar-refractivity contribution in [3.8, 4) is 0 Å². The standard InChI is InChI=1S/C16H19ClN2S/c1-13-6-11-20-16(13)12-18-7-9-19(10-8-18)15-4-2-14(17)3-5-15/h2-6,11H,7-10,12H2,1H3. The van der Waals surface area contributed by atoms with Gasteiger partial charge >= 0.3 is 0 Å². The average Bonchev–Trinajstić information content (AvgIpc) is 2.86. The van der Waals surface area contributed by atoms with Crippen LogP contribution in [0.15, 0.2) is 35.7 Å². The second-order valence-corrected chi connectivity index (χ2v) is 6.70. The van der Waals surface area contributed by atoms with Crippen LogP contribution in [0.25, 0.3) is 0 Å². The van der Waals surface area contributed by atoms with E-state index in [9.17, 15) is 0 Å². The lowest BCUT2D eigenvalue weighted by atomic mass is 10.2. The van der Waals surface area contributed by atoms with Crippen molar-refractivity contribution in [1.29, 1.82) is 0 Å². The molecule has 1 aromatic heterocycles. The fourth-order valence-electron chi connectivity index (χ4n) is 2.59. The van der Waals surface area contributed by atoms with Crippen molar-refractivity contribution < 1.29 is 0 Å². The van der Waals surface area contributed by atoms with Crippen molar-refractivity contribution in [2.75, 3.05) is 31.1 Å². The van der Waals surface area contributed by atoms with E-state index >= 15 is 0 Å². The summed E-state index contributed by atoms with van der Waals surface area (Å²) in [5.74, 6) is 0. The number of hydrogen-bond acceptors (Lipinski definition) is 3. The number of rotatable bonds is 3. The Morgan fingerprint density at radius 3 is 2.35 bits per heavy atom. The van der Waals surface area contributed by atoms with Crippen LogP contribution in [0.4, 0.5) is 5.69 Å². The molecule has 1 fully saturated rings. The van der Waals surface area contributed by atoms with Crippen LogP contribution in [0, 0.1) is 6.92 Å². The molecule has 2 aromatic rings. The molecule has 0 unspecified atom stereocenters. The van der Waals surface area contributed by atoms with Crippen LogP contribution in [0.1, 0.15) is 10.4 Å². The van der Waals surface area contributed by atoms with E-state index in [1.165, 1.54) is 16.1 Å². The number of nitrogens with zero attached hydrogens (tertiary/aromatic N) is 2. The molecule has 3 rings (SSSR count). The van der Waals surface area contributed by atoms with Crippen molar-refractivity contribution in [1.82, 2.24) is 4.90 Å². The summed E-state index contributed by atoms with van der Waals surface area (Å²) in [6.07, 6.45) is 0. The molecule has 106 valence electrons. The minimum absolute atomic E-state index is 0.806. The van der Waals surface area contributed by atoms with Gasteiger partial charge in [-0.15, -0.1) is 11.3 Å². The first-order chi connectivity index (χ1) is 9.72. The fraction of sp³-hybridized carbons (Fsp3) is 0.375. The molecule has 1 aliphatic rings. The fourth-order valence-corrected chi connectivity index (χ4v) is 3.66. The molecule has 1 saturated heterocycles. The first-order valence-electron chi connectivity index (χ1n) is 6.98. The van der Waals surface area contributed by atoms with Crippen LogP contribution >= 0.6 is 22.9 Å². The van der Waals surface area contributed by atoms with Crippen LogP contribution in [0.3, 0.4) is 0 Å². The molecule has 2 heterocycles. The highest BCUT2D eigenvalue weighted by atomic mass is 35.5. The van der Waals surface area contributed by atoms with Gasteiger partial charge in [0, 0.05) is 48.3 Å². The predicted octanol–water partition coefficient (Wildman–Crippen LogP) is 4.03. The van der Waals surface area contributed by atoms with E-state index in [0.717, 1.165) is 37.7 Å². The molecule has 2 nitrogen and oxygen atoms in total. The minimum Gasteiger partial charge on any atom is -0.369 e. The topological polar surface area (TPSA) is 6.48 Å². The van der Waals surface area contributed by atoms with Gasteiger partial charge in [0.2, 0.25) is 0 Å². The van der Waals surface area contributed by atoms with Crippen LogP contribution in [0.2, 0.25) is 5.02 Å². The summed E-state index contributed by atoms with van der Waals surface area (Å²) in [5, 5.41) is 3.00. The van der Waals surface area contributed by atoms with Gasteiger partial charge in [-0.2, -0.15) is 0 Å². The molecule has 0 atom stereocenters. The molecule has 4 heteroatoms. The Labute approximate surface area is 129 Å². The second kappa shape index (κ2) is 6.17. The Morgan fingerprint density at radius 2 is 1.75 bits per heavy atom. The molecule has 0 saturated carbocycles. The molecule has 0 aliphatic carbocycles. The lowest BCUT2D eigenvalue weighted by molar-refractivity contribution is 0.251. The number of halogens is 1. The lowest BCUT2D eigenvalue weighted by Crippen LogP contribution is -2.45. The lowest BCUT2D eigenvalue weighted by Gasteiger charge is -2.36. The predicted molar refractivity (Wildman–Crippen MR) is 88.0 cm³/mol. The van der Waals surface area contributed by atoms with E-state index in [1.54, 1.807) is 0 Å². The summed E-state index contributed by atoms with van der Waals surface area (Å²) >= 11 is 7.81. The van der Waals surface area contributed by atoms with Gasteiger partial charge in [0.15, 0.2) is 0 Å². The molecule has 0 N–H and O–H groups in total. The van der Waals surface area contributed by atoms with Gasteiger partial charge in [-0.05, 0) is 48.2 Å². The smallest absolute Gasteiger partial charge is 0.0407 e. The summed E-state index contributed by atoms with van der Waals surface area (Å²) in [7, 11) is 0. The third-order valence-electron chi connectivity index (χ3n) is 3.90. The molecule has 0 radical (unpaired) electrons. The van der Waals surface area contributed by atoms with Gasteiger partial charge in [0.25, 0.3) is 0 Å². The van der Waals surface area contributed by atoms with Crippen molar-refractivity contribution >= 4 is 28.6 Å². The average molecular weight is 307 g/mol. The number of piperazine rings is 1. The van der Waals surface area contributed by atoms with Gasteiger partial charge in [-0.25, -0.2) is 0 Å². The summed E-state index contributed by atoms with van der Waals surface area (Å²) in [6, 6.07) is 10.4. The second-order valence-electron chi connectivity index (χ2n) is 5.27. The third-order valence-corrected chi connectivity index (χ3v) is 5.16. The maximum atomic E-state index is 5.94. The first-order valence-corrected chi connectivity index (χ1v) is 8.24. The highest BCUT2D eigenvalue weighted by Crippen LogP contribution is 2.22. The minimum atomic E-state index is 0.806. The molecule has 1 aromatic carbocycles. The van der Waals surface area contributed by atoms with Crippen molar-refractivity contribution in [3.05, 3.63) is 51.2 Å². The van der Waals surface area contributed by atoms with E-state index in [4.69, 9.17) is 11.6 Å². The third kappa shape index (κ3) is 3.17. The summed E-state index contributed by atoms with van der Waals surface area (Å²) in [4.78, 5) is 6.49. The molecule has 0 bridgehead atoms. The molecule has 1 aliphatic heterocycles. The quantitative estimate of drug-likeness (QED) is 0.844. The van der Waals surface area contributed by atoms with Gasteiger partial charge in [-0.3, -0.25) is 4.90 Å². The van der Waals surface area contributed by atoms with Gasteiger partial charge < -0.3 is 4.90 Å². The van der Waals surface area contributed by atoms with Crippen molar-refractivity contribution in [2.45, 2.75) is 13.5 Å². The highest BCUT2D eigenvalue weighted by Gasteiger charge is 2.18. The van der Waals surface area contributed by atoms with Crippen LogP contribution < -0.4 is 4.90 Å². The first kappa shape index (κ1) is 13.9. The summed E-state index contributed by atoms with van der Waals surface area (Å²) in [6.45, 7) is 7.73. The number of benzene rings is 1. The zero-order valence-corrected chi connectivity index (χ0v) is 13.3. The van der Waals surface area contributed by atoms with Gasteiger partial charge in [0.05, 0.1) is 0 Å². The zero-order valence-electron chi connectivity index (χ0n) is 11.7. The Hall–Kier alpha value is -1.03. The van der Waals surface area contributed by atoms with E-state index in [1.807, 2.05) is 23.5 Å². The highest BCUT2D eigenvalue weighted by molar-refractivity contribution is 7.10. The molecular weight excluding hydrogens is 288 g/mol. The molecular formula is C16H19ClN2S. The number of aryl methyl sites for hydroxylation is 1. The summed E-state index contributed by atoms with van der Waals surface area (Å²) in [5.41, 5.74) is 2.71. The van der Waals surface area contributed by atoms with Crippen LogP contribution in [0.5, 0.6) is 0 Å². The summed E-state index contributed by atoms with van der Waals surface area (Å²) < 4.78 is 0. The zero-order chi connectivity index (χ0) is 13.9. The Morgan fingerprint density at radius 1 is 1.05 bits per heavy atom. The molecule has 0 spiro atoms. The maximum Gasteiger partial charge on any atom is 0.0407 e. The van der Waals surface area contributed by atoms with Gasteiger partial charge in [-0.1, -0.05) is 11.6 Å². The number of hydrogen-bond donors (Lipinski definition) is 0. The van der Waals surface area contributed by atoms with Crippen molar-refractivity contribution in [3.63, 3.8) is 0 Å². The largest absolute Gasteiger partial charge is 0.369 e.